The summed E-state index contributed by atoms with van der Waals surface area (Å²) < 4.78 is 24.7. The number of anilines is 1. The summed E-state index contributed by atoms with van der Waals surface area (Å²) in [6.07, 6.45) is 5.85. The van der Waals surface area contributed by atoms with Crippen LogP contribution in [0.4, 0.5) is 11.6 Å². The highest BCUT2D eigenvalue weighted by Gasteiger charge is 2.48. The van der Waals surface area contributed by atoms with Crippen molar-refractivity contribution >= 4 is 28.5 Å². The summed E-state index contributed by atoms with van der Waals surface area (Å²) in [6, 6.07) is 22.8. The molecule has 1 atom stereocenters. The molecule has 10 nitrogen and oxygen atoms in total. The Morgan fingerprint density at radius 2 is 1.65 bits per heavy atom. The van der Waals surface area contributed by atoms with E-state index in [4.69, 9.17) is 25.5 Å². The van der Waals surface area contributed by atoms with Crippen LogP contribution < -0.4 is 19.1 Å². The second kappa shape index (κ2) is 12.4. The summed E-state index contributed by atoms with van der Waals surface area (Å²) in [5.41, 5.74) is 5.91. The molecular formula is C41H36N6O4. The van der Waals surface area contributed by atoms with Gasteiger partial charge in [-0.3, -0.25) is 0 Å². The molecule has 51 heavy (non-hydrogen) atoms. The zero-order valence-electron chi connectivity index (χ0n) is 29.0. The largest absolute Gasteiger partial charge is 0.493 e. The van der Waals surface area contributed by atoms with Gasteiger partial charge >= 0.3 is 5.95 Å². The van der Waals surface area contributed by atoms with Gasteiger partial charge in [0.1, 0.15) is 5.75 Å². The van der Waals surface area contributed by atoms with Crippen molar-refractivity contribution in [3.05, 3.63) is 112 Å². The van der Waals surface area contributed by atoms with E-state index in [-0.39, 0.29) is 23.0 Å². The first-order chi connectivity index (χ1) is 24.9. The predicted octanol–water partition coefficient (Wildman–Crippen LogP) is 7.74. The maximum Gasteiger partial charge on any atom is 0.376 e. The fourth-order valence-electron chi connectivity index (χ4n) is 8.26. The van der Waals surface area contributed by atoms with E-state index in [1.807, 2.05) is 36.4 Å². The summed E-state index contributed by atoms with van der Waals surface area (Å²) in [5, 5.41) is 11.7. The Bertz CT molecular complexity index is 2280. The van der Waals surface area contributed by atoms with Crippen molar-refractivity contribution in [2.75, 3.05) is 45.4 Å². The van der Waals surface area contributed by atoms with Gasteiger partial charge in [-0.2, -0.15) is 10.2 Å². The van der Waals surface area contributed by atoms with Crippen LogP contribution in [0, 0.1) is 17.9 Å². The average Bonchev–Trinajstić information content (AvgIpc) is 3.51. The van der Waals surface area contributed by atoms with Crippen LogP contribution >= 0.6 is 0 Å². The number of morpholine rings is 1. The van der Waals surface area contributed by atoms with Crippen molar-refractivity contribution in [2.45, 2.75) is 37.7 Å². The Balaban J connectivity index is 1.44. The van der Waals surface area contributed by atoms with Crippen molar-refractivity contribution in [3.63, 3.8) is 0 Å². The van der Waals surface area contributed by atoms with Crippen LogP contribution in [0.1, 0.15) is 60.6 Å². The van der Waals surface area contributed by atoms with Crippen LogP contribution in [0.3, 0.4) is 0 Å². The molecule has 8 rings (SSSR count). The summed E-state index contributed by atoms with van der Waals surface area (Å²) in [6.45, 7) is 15.2. The number of nitriles is 1. The maximum absolute atomic E-state index is 9.92. The van der Waals surface area contributed by atoms with Gasteiger partial charge in [0, 0.05) is 40.7 Å². The average molecular weight is 677 g/mol. The van der Waals surface area contributed by atoms with Gasteiger partial charge < -0.3 is 28.7 Å². The number of rotatable bonds is 7. The lowest BCUT2D eigenvalue weighted by molar-refractivity contribution is 0.122. The molecule has 2 aliphatic heterocycles. The van der Waals surface area contributed by atoms with Crippen molar-refractivity contribution in [2.24, 2.45) is 0 Å². The Hall–Kier alpha value is -5.97. The number of methoxy groups -OCH3 is 2. The molecule has 0 saturated carbocycles. The predicted molar refractivity (Wildman–Crippen MR) is 195 cm³/mol. The van der Waals surface area contributed by atoms with E-state index < -0.39 is 5.60 Å². The molecule has 1 aliphatic carbocycles. The first-order valence-electron chi connectivity index (χ1n) is 17.2. The monoisotopic (exact) mass is 676 g/mol. The molecule has 0 radical (unpaired) electrons. The van der Waals surface area contributed by atoms with Gasteiger partial charge in [-0.05, 0) is 70.8 Å². The maximum atomic E-state index is 9.92. The van der Waals surface area contributed by atoms with E-state index in [1.165, 1.54) is 16.7 Å². The first kappa shape index (κ1) is 32.2. The third kappa shape index (κ3) is 4.75. The standard InChI is InChI=1S/C41H36N6O4/c1-6-40(7-2)31-11-9-8-10-27(31)35-29-22-32(48-4)33(49-5)23-30(29)37-28(36(35)40)16-17-41(51-37,38-44-34(24-42)45-39(43-3)46-38)25-12-14-26(15-13-25)47-18-20-50-21-19-47/h8-17,22-23H,6-7,18-21H2,1-2,4-5H3. The SMILES string of the molecule is [C-]#[N+]c1nc(C#N)nc(C2(c3ccc(N4CCOCC4)cc3)C=Cc3c4c(c5cc(OC)c(OC)cc5c3O2)-c2ccccc2C4(CC)CC)n1. The molecule has 1 unspecified atom stereocenters. The first-order valence-corrected chi connectivity index (χ1v) is 17.2. The zero-order chi connectivity index (χ0) is 35.3. The van der Waals surface area contributed by atoms with Gasteiger partial charge in [-0.1, -0.05) is 56.3 Å². The molecule has 0 bridgehead atoms. The number of benzene rings is 4. The Morgan fingerprint density at radius 1 is 0.941 bits per heavy atom. The molecule has 254 valence electrons. The molecule has 0 amide bonds. The number of aromatic nitrogens is 3. The molecule has 0 N–H and O–H groups in total. The number of hydrogen-bond donors (Lipinski definition) is 0. The minimum Gasteiger partial charge on any atom is -0.493 e. The van der Waals surface area contributed by atoms with Gasteiger partial charge in [-0.15, -0.1) is 16.5 Å². The van der Waals surface area contributed by atoms with Crippen molar-refractivity contribution in [3.8, 4) is 34.4 Å². The molecule has 0 spiro atoms. The zero-order valence-corrected chi connectivity index (χ0v) is 29.0. The van der Waals surface area contributed by atoms with Gasteiger partial charge in [0.2, 0.25) is 11.4 Å². The Labute approximate surface area is 296 Å². The summed E-state index contributed by atoms with van der Waals surface area (Å²) in [7, 11) is 3.27. The van der Waals surface area contributed by atoms with Gasteiger partial charge in [0.05, 0.1) is 27.4 Å². The van der Waals surface area contributed by atoms with Crippen LogP contribution in [-0.4, -0.2) is 55.5 Å². The Morgan fingerprint density at radius 3 is 2.31 bits per heavy atom. The normalized spacial score (nSPS) is 18.2. The number of fused-ring (bicyclic) bond motifs is 8. The molecule has 4 aromatic carbocycles. The number of hydrogen-bond acceptors (Lipinski definition) is 9. The highest BCUT2D eigenvalue weighted by molar-refractivity contribution is 6.09. The molecule has 5 aromatic rings. The lowest BCUT2D eigenvalue weighted by Crippen LogP contribution is -2.38. The van der Waals surface area contributed by atoms with Crippen molar-refractivity contribution < 1.29 is 18.9 Å². The second-order valence-electron chi connectivity index (χ2n) is 12.9. The molecule has 1 saturated heterocycles. The Kier molecular flexibility index (Phi) is 7.85. The highest BCUT2D eigenvalue weighted by Crippen LogP contribution is 2.61. The van der Waals surface area contributed by atoms with Crippen LogP contribution in [0.2, 0.25) is 0 Å². The molecular weight excluding hydrogens is 640 g/mol. The quantitative estimate of drug-likeness (QED) is 0.160. The lowest BCUT2D eigenvalue weighted by Gasteiger charge is -2.37. The second-order valence-corrected chi connectivity index (χ2v) is 12.9. The van der Waals surface area contributed by atoms with E-state index in [2.05, 4.69) is 81.0 Å². The van der Waals surface area contributed by atoms with E-state index in [0.717, 1.165) is 59.1 Å². The summed E-state index contributed by atoms with van der Waals surface area (Å²) in [5.74, 6) is 1.62. The van der Waals surface area contributed by atoms with E-state index >= 15 is 0 Å². The van der Waals surface area contributed by atoms with E-state index in [1.54, 1.807) is 14.2 Å². The van der Waals surface area contributed by atoms with Crippen LogP contribution in [-0.2, 0) is 15.8 Å². The number of nitrogens with zero attached hydrogens (tertiary/aromatic N) is 6. The fourth-order valence-corrected chi connectivity index (χ4v) is 8.26. The van der Waals surface area contributed by atoms with Crippen LogP contribution in [0.5, 0.6) is 17.2 Å². The smallest absolute Gasteiger partial charge is 0.376 e. The summed E-state index contributed by atoms with van der Waals surface area (Å²) in [4.78, 5) is 19.0. The lowest BCUT2D eigenvalue weighted by atomic mass is 9.71. The van der Waals surface area contributed by atoms with Crippen LogP contribution in [0.15, 0.2) is 66.7 Å². The molecule has 1 aromatic heterocycles. The summed E-state index contributed by atoms with van der Waals surface area (Å²) >= 11 is 0. The van der Waals surface area contributed by atoms with Gasteiger partial charge in [-0.25, -0.2) is 0 Å². The van der Waals surface area contributed by atoms with Crippen molar-refractivity contribution in [1.29, 1.82) is 5.26 Å². The third-order valence-corrected chi connectivity index (χ3v) is 10.8. The third-order valence-electron chi connectivity index (χ3n) is 10.8. The van der Waals surface area contributed by atoms with E-state index in [0.29, 0.717) is 30.5 Å². The molecule has 3 heterocycles. The number of ether oxygens (including phenoxy) is 4. The fraction of sp³-hybridized carbons (Fsp3) is 0.293. The molecule has 10 heteroatoms. The minimum absolute atomic E-state index is 0.149. The van der Waals surface area contributed by atoms with Crippen molar-refractivity contribution in [1.82, 2.24) is 15.0 Å². The molecule has 1 fully saturated rings. The van der Waals surface area contributed by atoms with Crippen LogP contribution in [0.25, 0.3) is 32.8 Å². The topological polar surface area (TPSA) is 107 Å². The van der Waals surface area contributed by atoms with E-state index in [9.17, 15) is 5.26 Å². The molecule has 3 aliphatic rings. The van der Waals surface area contributed by atoms with Gasteiger partial charge in [0.15, 0.2) is 17.6 Å². The highest BCUT2D eigenvalue weighted by atomic mass is 16.5. The minimum atomic E-state index is -1.41. The van der Waals surface area contributed by atoms with Gasteiger partial charge in [0.25, 0.3) is 5.82 Å².